The third-order valence-electron chi connectivity index (χ3n) is 3.40. The lowest BCUT2D eigenvalue weighted by molar-refractivity contribution is -0.132. The first-order valence-corrected chi connectivity index (χ1v) is 7.98. The molecule has 2 atom stereocenters. The first-order chi connectivity index (χ1) is 9.03. The van der Waals surface area contributed by atoms with Gasteiger partial charge in [-0.3, -0.25) is 10.1 Å². The van der Waals surface area contributed by atoms with Crippen molar-refractivity contribution >= 4 is 17.2 Å². The molecule has 1 rings (SSSR count). The van der Waals surface area contributed by atoms with Crippen LogP contribution in [0.3, 0.4) is 0 Å². The Morgan fingerprint density at radius 2 is 1.89 bits per heavy atom. The van der Waals surface area contributed by atoms with Gasteiger partial charge in [0.05, 0.1) is 6.04 Å². The molecule has 1 N–H and O–H groups in total. The summed E-state index contributed by atoms with van der Waals surface area (Å²) < 4.78 is 0. The number of amides is 1. The van der Waals surface area contributed by atoms with Crippen molar-refractivity contribution in [3.8, 4) is 0 Å². The van der Waals surface area contributed by atoms with Gasteiger partial charge in [-0.1, -0.05) is 6.92 Å². The second-order valence-corrected chi connectivity index (χ2v) is 5.98. The van der Waals surface area contributed by atoms with Crippen molar-refractivity contribution in [2.45, 2.75) is 53.1 Å². The van der Waals surface area contributed by atoms with E-state index >= 15 is 0 Å². The van der Waals surface area contributed by atoms with Gasteiger partial charge in [-0.05, 0) is 46.2 Å². The number of nitrogens with zero attached hydrogens (tertiary/aromatic N) is 1. The van der Waals surface area contributed by atoms with Crippen molar-refractivity contribution in [2.24, 2.45) is 0 Å². The van der Waals surface area contributed by atoms with Crippen LogP contribution in [0.15, 0.2) is 12.1 Å². The van der Waals surface area contributed by atoms with E-state index in [2.05, 4.69) is 31.3 Å². The molecule has 108 valence electrons. The maximum atomic E-state index is 12.2. The molecule has 19 heavy (non-hydrogen) atoms. The topological polar surface area (TPSA) is 32.3 Å². The Bertz CT molecular complexity index is 399. The summed E-state index contributed by atoms with van der Waals surface area (Å²) in [5.41, 5.74) is 0. The van der Waals surface area contributed by atoms with E-state index in [4.69, 9.17) is 0 Å². The molecule has 0 radical (unpaired) electrons. The number of thiophene rings is 1. The summed E-state index contributed by atoms with van der Waals surface area (Å²) in [6, 6.07) is 4.42. The Morgan fingerprint density at radius 3 is 2.37 bits per heavy atom. The van der Waals surface area contributed by atoms with Crippen LogP contribution in [-0.2, 0) is 11.2 Å². The maximum absolute atomic E-state index is 12.2. The third-order valence-corrected chi connectivity index (χ3v) is 4.82. The lowest BCUT2D eigenvalue weighted by atomic mass is 10.2. The highest BCUT2D eigenvalue weighted by molar-refractivity contribution is 7.12. The van der Waals surface area contributed by atoms with E-state index in [0.717, 1.165) is 19.5 Å². The quantitative estimate of drug-likeness (QED) is 0.833. The molecule has 0 saturated heterocycles. The fourth-order valence-corrected chi connectivity index (χ4v) is 3.12. The van der Waals surface area contributed by atoms with E-state index in [9.17, 15) is 4.79 Å². The van der Waals surface area contributed by atoms with Gasteiger partial charge < -0.3 is 4.90 Å². The van der Waals surface area contributed by atoms with E-state index in [1.165, 1.54) is 9.75 Å². The highest BCUT2D eigenvalue weighted by atomic mass is 32.1. The summed E-state index contributed by atoms with van der Waals surface area (Å²) in [5, 5.41) is 3.40. The Morgan fingerprint density at radius 1 is 1.26 bits per heavy atom. The van der Waals surface area contributed by atoms with Gasteiger partial charge in [-0.15, -0.1) is 11.3 Å². The number of hydrogen-bond donors (Lipinski definition) is 1. The SMILES string of the molecule is CCc1ccc(C(C)NC(C)C(=O)N(CC)CC)s1. The Kier molecular flexibility index (Phi) is 6.52. The Balaban J connectivity index is 2.60. The van der Waals surface area contributed by atoms with Gasteiger partial charge in [0, 0.05) is 28.9 Å². The van der Waals surface area contributed by atoms with Crippen molar-refractivity contribution < 1.29 is 4.79 Å². The molecule has 1 aromatic heterocycles. The molecule has 0 aliphatic rings. The van der Waals surface area contributed by atoms with Crippen LogP contribution in [0.4, 0.5) is 0 Å². The van der Waals surface area contributed by atoms with Crippen molar-refractivity contribution in [1.82, 2.24) is 10.2 Å². The van der Waals surface area contributed by atoms with Crippen molar-refractivity contribution in [1.29, 1.82) is 0 Å². The minimum Gasteiger partial charge on any atom is -0.342 e. The summed E-state index contributed by atoms with van der Waals surface area (Å²) in [7, 11) is 0. The molecule has 0 aromatic carbocycles. The fraction of sp³-hybridized carbons (Fsp3) is 0.667. The van der Waals surface area contributed by atoms with E-state index in [-0.39, 0.29) is 18.0 Å². The van der Waals surface area contributed by atoms with Gasteiger partial charge in [0.2, 0.25) is 5.91 Å². The first-order valence-electron chi connectivity index (χ1n) is 7.16. The number of carbonyl (C=O) groups excluding carboxylic acids is 1. The molecule has 4 heteroatoms. The molecule has 0 spiro atoms. The third kappa shape index (κ3) is 4.32. The zero-order valence-electron chi connectivity index (χ0n) is 12.7. The summed E-state index contributed by atoms with van der Waals surface area (Å²) in [4.78, 5) is 16.8. The number of rotatable bonds is 7. The number of aryl methyl sites for hydroxylation is 1. The fourth-order valence-electron chi connectivity index (χ4n) is 2.15. The van der Waals surface area contributed by atoms with Gasteiger partial charge in [0.1, 0.15) is 0 Å². The molecule has 1 heterocycles. The van der Waals surface area contributed by atoms with Gasteiger partial charge in [0.25, 0.3) is 0 Å². The predicted molar refractivity (Wildman–Crippen MR) is 82.6 cm³/mol. The molecular formula is C15H26N2OS. The van der Waals surface area contributed by atoms with Gasteiger partial charge in [0.15, 0.2) is 0 Å². The zero-order chi connectivity index (χ0) is 14.4. The van der Waals surface area contributed by atoms with E-state index in [1.54, 1.807) is 0 Å². The van der Waals surface area contributed by atoms with Crippen LogP contribution in [0.5, 0.6) is 0 Å². The van der Waals surface area contributed by atoms with Crippen LogP contribution in [0.2, 0.25) is 0 Å². The minimum absolute atomic E-state index is 0.137. The molecular weight excluding hydrogens is 256 g/mol. The van der Waals surface area contributed by atoms with Crippen LogP contribution in [0.25, 0.3) is 0 Å². The maximum Gasteiger partial charge on any atom is 0.239 e. The van der Waals surface area contributed by atoms with Crippen LogP contribution >= 0.6 is 11.3 Å². The molecule has 0 aliphatic carbocycles. The second-order valence-electron chi connectivity index (χ2n) is 4.78. The van der Waals surface area contributed by atoms with E-state index in [1.807, 2.05) is 37.0 Å². The summed E-state index contributed by atoms with van der Waals surface area (Å²) >= 11 is 1.83. The van der Waals surface area contributed by atoms with Gasteiger partial charge in [-0.25, -0.2) is 0 Å². The lowest BCUT2D eigenvalue weighted by Gasteiger charge is -2.25. The normalized spacial score (nSPS) is 14.2. The van der Waals surface area contributed by atoms with Crippen LogP contribution < -0.4 is 5.32 Å². The largest absolute Gasteiger partial charge is 0.342 e. The molecule has 0 fully saturated rings. The van der Waals surface area contributed by atoms with Crippen molar-refractivity contribution in [2.75, 3.05) is 13.1 Å². The van der Waals surface area contributed by atoms with Crippen LogP contribution in [-0.4, -0.2) is 29.9 Å². The summed E-state index contributed by atoms with van der Waals surface area (Å²) in [6.45, 7) is 11.8. The minimum atomic E-state index is -0.137. The molecule has 0 aliphatic heterocycles. The Hall–Kier alpha value is -0.870. The molecule has 2 unspecified atom stereocenters. The van der Waals surface area contributed by atoms with Gasteiger partial charge >= 0.3 is 0 Å². The highest BCUT2D eigenvalue weighted by Crippen LogP contribution is 2.23. The smallest absolute Gasteiger partial charge is 0.239 e. The van der Waals surface area contributed by atoms with Crippen molar-refractivity contribution in [3.05, 3.63) is 21.9 Å². The summed E-state index contributed by atoms with van der Waals surface area (Å²) in [5.74, 6) is 0.184. The van der Waals surface area contributed by atoms with Gasteiger partial charge in [-0.2, -0.15) is 0 Å². The summed E-state index contributed by atoms with van der Waals surface area (Å²) in [6.07, 6.45) is 1.07. The number of likely N-dealkylation sites (N-methyl/N-ethyl adjacent to an activating group) is 1. The molecule has 3 nitrogen and oxygen atoms in total. The number of carbonyl (C=O) groups is 1. The van der Waals surface area contributed by atoms with E-state index in [0.29, 0.717) is 0 Å². The molecule has 0 bridgehead atoms. The first kappa shape index (κ1) is 16.2. The van der Waals surface area contributed by atoms with E-state index < -0.39 is 0 Å². The Labute approximate surface area is 121 Å². The second kappa shape index (κ2) is 7.65. The van der Waals surface area contributed by atoms with Crippen molar-refractivity contribution in [3.63, 3.8) is 0 Å². The predicted octanol–water partition coefficient (Wildman–Crippen LogP) is 3.22. The molecule has 1 amide bonds. The average Bonchev–Trinajstić information content (AvgIpc) is 2.88. The zero-order valence-corrected chi connectivity index (χ0v) is 13.5. The van der Waals surface area contributed by atoms with Crippen LogP contribution in [0.1, 0.15) is 50.4 Å². The number of hydrogen-bond acceptors (Lipinski definition) is 3. The monoisotopic (exact) mass is 282 g/mol. The lowest BCUT2D eigenvalue weighted by Crippen LogP contribution is -2.45. The number of nitrogens with one attached hydrogen (secondary N) is 1. The average molecular weight is 282 g/mol. The molecule has 1 aromatic rings. The molecule has 0 saturated carbocycles. The van der Waals surface area contributed by atoms with Crippen LogP contribution in [0, 0.1) is 0 Å². The standard InChI is InChI=1S/C15H26N2OS/c1-6-13-9-10-14(19-13)11(4)16-12(5)15(18)17(7-2)8-3/h9-12,16H,6-8H2,1-5H3. The highest BCUT2D eigenvalue weighted by Gasteiger charge is 2.20.